The molecule has 3 amide bonds. The first-order valence-corrected chi connectivity index (χ1v) is 12.5. The molecular formula is C17H16N8O7S3. The minimum Gasteiger partial charge on any atom is -0.477 e. The number of aryl methyl sites for hydroxylation is 1. The molecule has 35 heavy (non-hydrogen) atoms. The second-order valence-electron chi connectivity index (χ2n) is 6.97. The predicted molar refractivity (Wildman–Crippen MR) is 121 cm³/mol. The van der Waals surface area contributed by atoms with Crippen molar-refractivity contribution in [3.63, 3.8) is 0 Å². The topological polar surface area (TPSA) is 199 Å². The summed E-state index contributed by atoms with van der Waals surface area (Å²) in [6, 6.07) is -1.02. The van der Waals surface area contributed by atoms with E-state index in [1.165, 1.54) is 34.4 Å². The van der Waals surface area contributed by atoms with Crippen molar-refractivity contribution < 1.29 is 33.8 Å². The Kier molecular flexibility index (Phi) is 7.31. The number of thioether (sulfide) groups is 2. The first-order chi connectivity index (χ1) is 16.8. The first kappa shape index (κ1) is 24.6. The molecule has 1 fully saturated rings. The highest BCUT2D eigenvalue weighted by Gasteiger charge is 2.54. The number of tetrazole rings is 1. The van der Waals surface area contributed by atoms with Gasteiger partial charge in [0.25, 0.3) is 18.3 Å². The van der Waals surface area contributed by atoms with Crippen molar-refractivity contribution in [3.05, 3.63) is 22.3 Å². The van der Waals surface area contributed by atoms with Crippen molar-refractivity contribution in [3.8, 4) is 0 Å². The second kappa shape index (κ2) is 10.4. The van der Waals surface area contributed by atoms with Crippen LogP contribution >= 0.6 is 34.9 Å². The Labute approximate surface area is 208 Å². The highest BCUT2D eigenvalue weighted by Crippen LogP contribution is 2.41. The maximum atomic E-state index is 12.9. The molecule has 1 saturated heterocycles. The number of carbonyl (C=O) groups excluding carboxylic acids is 4. The van der Waals surface area contributed by atoms with Crippen LogP contribution < -0.4 is 10.6 Å². The molecule has 2 aromatic rings. The van der Waals surface area contributed by atoms with Gasteiger partial charge in [0.2, 0.25) is 17.7 Å². The number of β-lactam (4-membered cyclic amide) rings is 1. The maximum absolute atomic E-state index is 12.9. The Balaban J connectivity index is 1.47. The molecule has 3 atom stereocenters. The van der Waals surface area contributed by atoms with Gasteiger partial charge in [0.05, 0.1) is 4.88 Å². The van der Waals surface area contributed by atoms with Gasteiger partial charge in [-0.25, -0.2) is 14.5 Å². The number of nitrogens with zero attached hydrogens (tertiary/aromatic N) is 6. The van der Waals surface area contributed by atoms with Gasteiger partial charge < -0.3 is 20.5 Å². The summed E-state index contributed by atoms with van der Waals surface area (Å²) in [7, 11) is 1.65. The van der Waals surface area contributed by atoms with Crippen LogP contribution in [0.25, 0.3) is 0 Å². The summed E-state index contributed by atoms with van der Waals surface area (Å²) < 4.78 is 6.33. The largest absolute Gasteiger partial charge is 0.477 e. The molecule has 0 spiro atoms. The minimum atomic E-state index is -1.40. The zero-order chi connectivity index (χ0) is 25.1. The summed E-state index contributed by atoms with van der Waals surface area (Å²) in [6.07, 6.45) is 0.269. The Bertz CT molecular complexity index is 1210. The average Bonchev–Trinajstić information content (AvgIpc) is 3.47. The third-order valence-corrected chi connectivity index (χ3v) is 8.31. The molecule has 0 bridgehead atoms. The number of carbonyl (C=O) groups is 5. The summed E-state index contributed by atoms with van der Waals surface area (Å²) in [6.45, 7) is 0.0862. The zero-order valence-corrected chi connectivity index (χ0v) is 20.1. The van der Waals surface area contributed by atoms with Crippen LogP contribution in [0.4, 0.5) is 5.13 Å². The van der Waals surface area contributed by atoms with Crippen LogP contribution in [0.5, 0.6) is 0 Å². The normalized spacial score (nSPS) is 19.9. The van der Waals surface area contributed by atoms with E-state index in [0.717, 1.165) is 16.2 Å². The molecular weight excluding hydrogens is 524 g/mol. The highest BCUT2D eigenvalue weighted by molar-refractivity contribution is 8.01. The molecule has 4 heterocycles. The van der Waals surface area contributed by atoms with Crippen molar-refractivity contribution in [2.45, 2.75) is 22.7 Å². The SMILES string of the molecule is Cn1nnnc1SCC1=C(C(=O)O)N2C(=O)C(NC(=O)C(OC=O)c3cnc(NC=O)s3)[C@H]2SC1. The average molecular weight is 541 g/mol. The number of aromatic nitrogens is 5. The fraction of sp³-hybridized carbons (Fsp3) is 0.353. The zero-order valence-electron chi connectivity index (χ0n) is 17.7. The molecule has 2 unspecified atom stereocenters. The summed E-state index contributed by atoms with van der Waals surface area (Å²) in [5, 5.41) is 25.8. The predicted octanol–water partition coefficient (Wildman–Crippen LogP) is -1.02. The van der Waals surface area contributed by atoms with E-state index >= 15 is 0 Å². The molecule has 2 aromatic heterocycles. The Morgan fingerprint density at radius 1 is 1.43 bits per heavy atom. The molecule has 3 N–H and O–H groups in total. The number of thiazole rings is 1. The van der Waals surface area contributed by atoms with Gasteiger partial charge in [-0.15, -0.1) is 16.9 Å². The van der Waals surface area contributed by atoms with Gasteiger partial charge >= 0.3 is 5.97 Å². The molecule has 18 heteroatoms. The van der Waals surface area contributed by atoms with Crippen LogP contribution in [0.15, 0.2) is 22.6 Å². The monoisotopic (exact) mass is 540 g/mol. The lowest BCUT2D eigenvalue weighted by Crippen LogP contribution is -2.71. The fourth-order valence-electron chi connectivity index (χ4n) is 3.36. The number of amides is 3. The van der Waals surface area contributed by atoms with E-state index in [1.807, 2.05) is 0 Å². The number of fused-ring (bicyclic) bond motifs is 1. The highest BCUT2D eigenvalue weighted by atomic mass is 32.2. The minimum absolute atomic E-state index is 0.0862. The van der Waals surface area contributed by atoms with Crippen LogP contribution in [0.3, 0.4) is 0 Å². The van der Waals surface area contributed by atoms with Gasteiger partial charge in [0.15, 0.2) is 5.13 Å². The summed E-state index contributed by atoms with van der Waals surface area (Å²) in [4.78, 5) is 64.5. The van der Waals surface area contributed by atoms with E-state index in [1.54, 1.807) is 7.05 Å². The lowest BCUT2D eigenvalue weighted by atomic mass is 10.0. The number of carboxylic acids is 1. The van der Waals surface area contributed by atoms with Gasteiger partial charge in [0, 0.05) is 24.8 Å². The molecule has 15 nitrogen and oxygen atoms in total. The van der Waals surface area contributed by atoms with Gasteiger partial charge in [-0.2, -0.15) is 0 Å². The van der Waals surface area contributed by atoms with E-state index in [2.05, 4.69) is 31.1 Å². The second-order valence-corrected chi connectivity index (χ2v) is 10.1. The smallest absolute Gasteiger partial charge is 0.352 e. The lowest BCUT2D eigenvalue weighted by molar-refractivity contribution is -0.153. The number of carboxylic acid groups (broad SMARTS) is 1. The summed E-state index contributed by atoms with van der Waals surface area (Å²) in [5.74, 6) is -2.08. The summed E-state index contributed by atoms with van der Waals surface area (Å²) >= 11 is 3.45. The van der Waals surface area contributed by atoms with Crippen molar-refractivity contribution in [1.82, 2.24) is 35.4 Å². The number of aliphatic carboxylic acids is 1. The van der Waals surface area contributed by atoms with Crippen LogP contribution in [0, 0.1) is 0 Å². The van der Waals surface area contributed by atoms with Gasteiger partial charge in [0.1, 0.15) is 17.1 Å². The number of anilines is 1. The molecule has 184 valence electrons. The van der Waals surface area contributed by atoms with Crippen LogP contribution in [0.1, 0.15) is 11.0 Å². The van der Waals surface area contributed by atoms with Crippen molar-refractivity contribution in [1.29, 1.82) is 0 Å². The number of nitrogens with one attached hydrogen (secondary N) is 2. The van der Waals surface area contributed by atoms with Gasteiger partial charge in [-0.05, 0) is 16.0 Å². The Hall–Kier alpha value is -3.51. The molecule has 4 rings (SSSR count). The van der Waals surface area contributed by atoms with E-state index in [0.29, 0.717) is 22.9 Å². The number of rotatable bonds is 11. The summed E-state index contributed by atoms with van der Waals surface area (Å²) in [5.41, 5.74) is 0.381. The maximum Gasteiger partial charge on any atom is 0.352 e. The van der Waals surface area contributed by atoms with Crippen molar-refractivity contribution in [2.24, 2.45) is 7.05 Å². The van der Waals surface area contributed by atoms with Gasteiger partial charge in [-0.3, -0.25) is 24.1 Å². The number of hydrogen-bond acceptors (Lipinski definition) is 13. The third kappa shape index (κ3) is 4.84. The molecule has 2 aliphatic heterocycles. The van der Waals surface area contributed by atoms with E-state index in [-0.39, 0.29) is 27.9 Å². The van der Waals surface area contributed by atoms with Crippen molar-refractivity contribution in [2.75, 3.05) is 16.8 Å². The third-order valence-electron chi connectivity index (χ3n) is 4.90. The van der Waals surface area contributed by atoms with Gasteiger partial charge in [-0.1, -0.05) is 23.1 Å². The fourth-order valence-corrected chi connectivity index (χ4v) is 6.50. The Morgan fingerprint density at radius 3 is 2.89 bits per heavy atom. The number of hydrogen-bond donors (Lipinski definition) is 3. The van der Waals surface area contributed by atoms with Crippen LogP contribution in [-0.4, -0.2) is 88.8 Å². The molecule has 0 aliphatic carbocycles. The Morgan fingerprint density at radius 2 is 2.23 bits per heavy atom. The lowest BCUT2D eigenvalue weighted by Gasteiger charge is -2.49. The van der Waals surface area contributed by atoms with E-state index in [9.17, 15) is 29.1 Å². The van der Waals surface area contributed by atoms with Crippen LogP contribution in [-0.2, 0) is 35.8 Å². The van der Waals surface area contributed by atoms with E-state index in [4.69, 9.17) is 4.74 Å². The quantitative estimate of drug-likeness (QED) is 0.178. The first-order valence-electron chi connectivity index (χ1n) is 9.66. The standard InChI is InChI=1S/C17H16N8O7S3/c1-24-17(21-22-23-24)34-4-7-3-33-14-9(13(29)25(14)10(7)15(30)31)20-12(28)11(32-6-27)8-2-18-16(35-8)19-5-26/h2,5-6,9,11,14H,3-4H2,1H3,(H,20,28)(H,30,31)(H,18,19,26)/t9?,11?,14-/m1/s1. The van der Waals surface area contributed by atoms with Crippen molar-refractivity contribution >= 4 is 70.7 Å². The molecule has 2 aliphatic rings. The molecule has 0 radical (unpaired) electrons. The molecule has 0 aromatic carbocycles. The molecule has 0 saturated carbocycles. The van der Waals surface area contributed by atoms with E-state index < -0.39 is 35.3 Å². The van der Waals surface area contributed by atoms with Crippen LogP contribution in [0.2, 0.25) is 0 Å². The number of ether oxygens (including phenoxy) is 1.